The fourth-order valence-corrected chi connectivity index (χ4v) is 2.03. The first-order valence-corrected chi connectivity index (χ1v) is 6.47. The molecule has 1 aromatic carbocycles. The maximum absolute atomic E-state index is 5.67. The minimum Gasteiger partial charge on any atom is -0.383 e. The molecule has 0 radical (unpaired) electrons. The average Bonchev–Trinajstić information content (AvgIpc) is 2.28. The lowest BCUT2D eigenvalue weighted by Crippen LogP contribution is -2.10. The van der Waals surface area contributed by atoms with Crippen molar-refractivity contribution in [1.82, 2.24) is 9.97 Å². The minimum atomic E-state index is 0.124. The maximum Gasteiger partial charge on any atom is 0.226 e. The fourth-order valence-electron chi connectivity index (χ4n) is 1.63. The van der Waals surface area contributed by atoms with Gasteiger partial charge in [-0.15, -0.1) is 0 Å². The zero-order chi connectivity index (χ0) is 13.1. The van der Waals surface area contributed by atoms with Gasteiger partial charge in [-0.3, -0.25) is 0 Å². The molecule has 5 heteroatoms. The van der Waals surface area contributed by atoms with Gasteiger partial charge in [-0.2, -0.15) is 4.98 Å². The number of hydrogen-bond acceptors (Lipinski definition) is 4. The highest BCUT2D eigenvalue weighted by molar-refractivity contribution is 9.10. The van der Waals surface area contributed by atoms with E-state index in [2.05, 4.69) is 69.3 Å². The Morgan fingerprint density at radius 1 is 1.22 bits per heavy atom. The molecule has 0 aliphatic rings. The van der Waals surface area contributed by atoms with E-state index in [-0.39, 0.29) is 6.04 Å². The van der Waals surface area contributed by atoms with Gasteiger partial charge in [0.2, 0.25) is 5.95 Å². The maximum atomic E-state index is 5.67. The van der Waals surface area contributed by atoms with Crippen LogP contribution >= 0.6 is 15.9 Å². The van der Waals surface area contributed by atoms with E-state index >= 15 is 0 Å². The number of nitrogen functional groups attached to an aromatic ring is 1. The molecule has 0 amide bonds. The van der Waals surface area contributed by atoms with Gasteiger partial charge in [0.05, 0.1) is 6.04 Å². The minimum absolute atomic E-state index is 0.124. The van der Waals surface area contributed by atoms with Crippen molar-refractivity contribution < 1.29 is 0 Å². The Morgan fingerprint density at radius 2 is 1.89 bits per heavy atom. The van der Waals surface area contributed by atoms with Crippen LogP contribution in [0.3, 0.4) is 0 Å². The van der Waals surface area contributed by atoms with Crippen LogP contribution in [0.5, 0.6) is 0 Å². The van der Waals surface area contributed by atoms with Gasteiger partial charge in [-0.25, -0.2) is 4.98 Å². The van der Waals surface area contributed by atoms with Crippen LogP contribution in [0.1, 0.15) is 24.1 Å². The monoisotopic (exact) mass is 306 g/mol. The van der Waals surface area contributed by atoms with E-state index in [1.54, 1.807) is 6.07 Å². The summed E-state index contributed by atoms with van der Waals surface area (Å²) in [5.41, 5.74) is 8.10. The Hall–Kier alpha value is -1.62. The standard InChI is InChI=1S/C13H15BrN4/c1-8-3-5-10(6-4-8)9(2)16-13-17-11(14)7-12(15)18-13/h3-7,9H,1-2H3,(H3,15,16,17,18). The summed E-state index contributed by atoms with van der Waals surface area (Å²) >= 11 is 3.30. The van der Waals surface area contributed by atoms with Gasteiger partial charge in [-0.1, -0.05) is 29.8 Å². The van der Waals surface area contributed by atoms with Crippen LogP contribution in [-0.4, -0.2) is 9.97 Å². The number of halogens is 1. The summed E-state index contributed by atoms with van der Waals surface area (Å²) in [6.45, 7) is 4.13. The number of aromatic nitrogens is 2. The molecule has 0 aliphatic carbocycles. The highest BCUT2D eigenvalue weighted by Crippen LogP contribution is 2.19. The van der Waals surface area contributed by atoms with E-state index in [1.165, 1.54) is 11.1 Å². The molecule has 1 unspecified atom stereocenters. The van der Waals surface area contributed by atoms with Gasteiger partial charge in [0.1, 0.15) is 10.4 Å². The van der Waals surface area contributed by atoms with E-state index in [0.717, 1.165) is 0 Å². The van der Waals surface area contributed by atoms with Crippen LogP contribution in [0, 0.1) is 6.92 Å². The van der Waals surface area contributed by atoms with Crippen molar-refractivity contribution in [2.24, 2.45) is 0 Å². The molecule has 0 aliphatic heterocycles. The van der Waals surface area contributed by atoms with Crippen LogP contribution < -0.4 is 11.1 Å². The lowest BCUT2D eigenvalue weighted by molar-refractivity contribution is 0.859. The first kappa shape index (κ1) is 12.8. The summed E-state index contributed by atoms with van der Waals surface area (Å²) in [5, 5.41) is 3.23. The first-order valence-electron chi connectivity index (χ1n) is 5.68. The molecule has 0 fully saturated rings. The first-order chi connectivity index (χ1) is 8.54. The van der Waals surface area contributed by atoms with Gasteiger partial charge < -0.3 is 11.1 Å². The van der Waals surface area contributed by atoms with Crippen LogP contribution in [0.25, 0.3) is 0 Å². The summed E-state index contributed by atoms with van der Waals surface area (Å²) in [6, 6.07) is 10.1. The Labute approximate surface area is 115 Å². The Balaban J connectivity index is 2.15. The largest absolute Gasteiger partial charge is 0.383 e. The summed E-state index contributed by atoms with van der Waals surface area (Å²) in [7, 11) is 0. The molecule has 0 bridgehead atoms. The lowest BCUT2D eigenvalue weighted by atomic mass is 10.1. The highest BCUT2D eigenvalue weighted by atomic mass is 79.9. The zero-order valence-electron chi connectivity index (χ0n) is 10.3. The fraction of sp³-hybridized carbons (Fsp3) is 0.231. The van der Waals surface area contributed by atoms with Gasteiger partial charge in [0, 0.05) is 6.07 Å². The number of rotatable bonds is 3. The van der Waals surface area contributed by atoms with Crippen molar-refractivity contribution >= 4 is 27.7 Å². The molecule has 4 nitrogen and oxygen atoms in total. The zero-order valence-corrected chi connectivity index (χ0v) is 11.9. The van der Waals surface area contributed by atoms with E-state index in [4.69, 9.17) is 5.73 Å². The summed E-state index contributed by atoms with van der Waals surface area (Å²) in [5.74, 6) is 0.963. The molecule has 0 saturated carbocycles. The van der Waals surface area contributed by atoms with Crippen molar-refractivity contribution in [1.29, 1.82) is 0 Å². The number of hydrogen-bond donors (Lipinski definition) is 2. The van der Waals surface area contributed by atoms with E-state index in [0.29, 0.717) is 16.4 Å². The average molecular weight is 307 g/mol. The second-order valence-electron chi connectivity index (χ2n) is 4.22. The van der Waals surface area contributed by atoms with E-state index in [9.17, 15) is 0 Å². The van der Waals surface area contributed by atoms with Crippen molar-refractivity contribution in [3.8, 4) is 0 Å². The van der Waals surface area contributed by atoms with Crippen LogP contribution in [-0.2, 0) is 0 Å². The van der Waals surface area contributed by atoms with E-state index < -0.39 is 0 Å². The number of benzene rings is 1. The molecule has 0 saturated heterocycles. The molecular formula is C13H15BrN4. The molecule has 1 heterocycles. The summed E-state index contributed by atoms with van der Waals surface area (Å²) < 4.78 is 0.675. The number of nitrogens with two attached hydrogens (primary N) is 1. The Morgan fingerprint density at radius 3 is 2.50 bits per heavy atom. The van der Waals surface area contributed by atoms with Crippen molar-refractivity contribution in [3.05, 3.63) is 46.1 Å². The van der Waals surface area contributed by atoms with Crippen molar-refractivity contribution in [2.45, 2.75) is 19.9 Å². The quantitative estimate of drug-likeness (QED) is 0.854. The lowest BCUT2D eigenvalue weighted by Gasteiger charge is -2.14. The predicted octanol–water partition coefficient (Wildman–Crippen LogP) is 3.30. The van der Waals surface area contributed by atoms with Gasteiger partial charge in [0.15, 0.2) is 0 Å². The molecule has 1 aromatic heterocycles. The molecule has 2 aromatic rings. The van der Waals surface area contributed by atoms with Crippen LogP contribution in [0.2, 0.25) is 0 Å². The molecule has 94 valence electrons. The molecule has 2 rings (SSSR count). The van der Waals surface area contributed by atoms with Crippen LogP contribution in [0.4, 0.5) is 11.8 Å². The summed E-state index contributed by atoms with van der Waals surface area (Å²) in [4.78, 5) is 8.37. The molecule has 3 N–H and O–H groups in total. The second kappa shape index (κ2) is 5.35. The predicted molar refractivity (Wildman–Crippen MR) is 77.4 cm³/mol. The van der Waals surface area contributed by atoms with Gasteiger partial charge in [-0.05, 0) is 35.3 Å². The number of nitrogens with zero attached hydrogens (tertiary/aromatic N) is 2. The number of nitrogens with one attached hydrogen (secondary N) is 1. The van der Waals surface area contributed by atoms with Crippen molar-refractivity contribution in [3.63, 3.8) is 0 Å². The molecule has 18 heavy (non-hydrogen) atoms. The third kappa shape index (κ3) is 3.20. The highest BCUT2D eigenvalue weighted by Gasteiger charge is 2.07. The third-order valence-electron chi connectivity index (χ3n) is 2.64. The number of aryl methyl sites for hydroxylation is 1. The normalized spacial score (nSPS) is 12.2. The topological polar surface area (TPSA) is 63.8 Å². The molecular weight excluding hydrogens is 292 g/mol. The molecule has 0 spiro atoms. The van der Waals surface area contributed by atoms with Gasteiger partial charge >= 0.3 is 0 Å². The van der Waals surface area contributed by atoms with Crippen molar-refractivity contribution in [2.75, 3.05) is 11.1 Å². The third-order valence-corrected chi connectivity index (χ3v) is 3.04. The van der Waals surface area contributed by atoms with Crippen LogP contribution in [0.15, 0.2) is 34.9 Å². The van der Waals surface area contributed by atoms with Gasteiger partial charge in [0.25, 0.3) is 0 Å². The smallest absolute Gasteiger partial charge is 0.226 e. The Kier molecular flexibility index (Phi) is 3.81. The Bertz CT molecular complexity index is 519. The number of anilines is 2. The summed E-state index contributed by atoms with van der Waals surface area (Å²) in [6.07, 6.45) is 0. The van der Waals surface area contributed by atoms with E-state index in [1.807, 2.05) is 0 Å². The SMILES string of the molecule is Cc1ccc(C(C)Nc2nc(N)cc(Br)n2)cc1. The second-order valence-corrected chi connectivity index (χ2v) is 5.03. The molecule has 1 atom stereocenters.